The van der Waals surface area contributed by atoms with E-state index in [2.05, 4.69) is 5.32 Å². The van der Waals surface area contributed by atoms with E-state index < -0.39 is 5.41 Å². The molecule has 0 aliphatic carbocycles. The first-order chi connectivity index (χ1) is 10.8. The maximum Gasteiger partial charge on any atom is 0.241 e. The van der Waals surface area contributed by atoms with Crippen molar-refractivity contribution in [3.8, 4) is 0 Å². The number of likely N-dealkylation sites (tertiary alicyclic amines) is 2. The monoisotopic (exact) mass is 323 g/mol. The molecular weight excluding hydrogens is 294 g/mol. The normalized spacial score (nSPS) is 22.1. The number of amides is 3. The predicted molar refractivity (Wildman–Crippen MR) is 87.6 cm³/mol. The Kier molecular flexibility index (Phi) is 5.65. The Morgan fingerprint density at radius 1 is 1.00 bits per heavy atom. The first kappa shape index (κ1) is 17.8. The van der Waals surface area contributed by atoms with Crippen LogP contribution in [0.3, 0.4) is 0 Å². The topological polar surface area (TPSA) is 69.7 Å². The van der Waals surface area contributed by atoms with Gasteiger partial charge in [0.1, 0.15) is 0 Å². The van der Waals surface area contributed by atoms with Crippen LogP contribution < -0.4 is 5.32 Å². The Labute approximate surface area is 138 Å². The van der Waals surface area contributed by atoms with Gasteiger partial charge in [-0.1, -0.05) is 20.8 Å². The number of piperidine rings is 1. The summed E-state index contributed by atoms with van der Waals surface area (Å²) in [7, 11) is 0. The SMILES string of the molecule is CC(C)(C)C(=O)N1CCCC(C(=O)NCC(=O)N2CCCC2)C1. The number of nitrogens with zero attached hydrogens (tertiary/aromatic N) is 2. The lowest BCUT2D eigenvalue weighted by Crippen LogP contribution is -2.49. The molecule has 6 heteroatoms. The summed E-state index contributed by atoms with van der Waals surface area (Å²) in [6.07, 6.45) is 3.70. The largest absolute Gasteiger partial charge is 0.347 e. The molecule has 0 aromatic heterocycles. The van der Waals surface area contributed by atoms with Gasteiger partial charge in [-0.15, -0.1) is 0 Å². The van der Waals surface area contributed by atoms with Crippen molar-refractivity contribution in [2.75, 3.05) is 32.7 Å². The molecule has 1 atom stereocenters. The Hall–Kier alpha value is -1.59. The highest BCUT2D eigenvalue weighted by Gasteiger charge is 2.33. The fraction of sp³-hybridized carbons (Fsp3) is 0.824. The third-order valence-electron chi connectivity index (χ3n) is 4.59. The highest BCUT2D eigenvalue weighted by Crippen LogP contribution is 2.23. The average Bonchev–Trinajstić information content (AvgIpc) is 3.05. The summed E-state index contributed by atoms with van der Waals surface area (Å²) >= 11 is 0. The standard InChI is InChI=1S/C17H29N3O3/c1-17(2,3)16(23)20-10-6-7-13(12-20)15(22)18-11-14(21)19-8-4-5-9-19/h13H,4-12H2,1-3H3,(H,18,22). The fourth-order valence-corrected chi connectivity index (χ4v) is 3.24. The predicted octanol–water partition coefficient (Wildman–Crippen LogP) is 1.01. The molecule has 2 aliphatic rings. The van der Waals surface area contributed by atoms with Crippen LogP contribution in [0.5, 0.6) is 0 Å². The van der Waals surface area contributed by atoms with Gasteiger partial charge in [-0.2, -0.15) is 0 Å². The van der Waals surface area contributed by atoms with E-state index in [-0.39, 0.29) is 30.2 Å². The van der Waals surface area contributed by atoms with Crippen molar-refractivity contribution in [2.24, 2.45) is 11.3 Å². The molecule has 2 rings (SSSR count). The second-order valence-electron chi connectivity index (χ2n) is 7.65. The van der Waals surface area contributed by atoms with Gasteiger partial charge in [0.05, 0.1) is 12.5 Å². The average molecular weight is 323 g/mol. The van der Waals surface area contributed by atoms with Crippen molar-refractivity contribution in [3.05, 3.63) is 0 Å². The number of carbonyl (C=O) groups is 3. The fourth-order valence-electron chi connectivity index (χ4n) is 3.24. The molecule has 6 nitrogen and oxygen atoms in total. The van der Waals surface area contributed by atoms with Crippen LogP contribution in [0.15, 0.2) is 0 Å². The molecule has 2 aliphatic heterocycles. The smallest absolute Gasteiger partial charge is 0.241 e. The summed E-state index contributed by atoms with van der Waals surface area (Å²) in [6.45, 7) is 8.53. The highest BCUT2D eigenvalue weighted by atomic mass is 16.2. The van der Waals surface area contributed by atoms with E-state index in [4.69, 9.17) is 0 Å². The first-order valence-corrected chi connectivity index (χ1v) is 8.64. The molecule has 0 spiro atoms. The van der Waals surface area contributed by atoms with Gasteiger partial charge in [-0.3, -0.25) is 14.4 Å². The van der Waals surface area contributed by atoms with Crippen molar-refractivity contribution in [2.45, 2.75) is 46.5 Å². The van der Waals surface area contributed by atoms with Gasteiger partial charge in [0, 0.05) is 31.6 Å². The lowest BCUT2D eigenvalue weighted by Gasteiger charge is -2.35. The molecule has 0 bridgehead atoms. The van der Waals surface area contributed by atoms with Crippen molar-refractivity contribution in [1.82, 2.24) is 15.1 Å². The number of hydrogen-bond acceptors (Lipinski definition) is 3. The van der Waals surface area contributed by atoms with Crippen LogP contribution in [0.1, 0.15) is 46.5 Å². The van der Waals surface area contributed by atoms with E-state index in [1.165, 1.54) is 0 Å². The highest BCUT2D eigenvalue weighted by molar-refractivity contribution is 5.87. The van der Waals surface area contributed by atoms with E-state index in [0.717, 1.165) is 38.8 Å². The number of hydrogen-bond donors (Lipinski definition) is 1. The Balaban J connectivity index is 1.82. The molecule has 130 valence electrons. The maximum atomic E-state index is 12.4. The second-order valence-corrected chi connectivity index (χ2v) is 7.65. The zero-order valence-corrected chi connectivity index (χ0v) is 14.6. The zero-order chi connectivity index (χ0) is 17.0. The summed E-state index contributed by atoms with van der Waals surface area (Å²) in [5.41, 5.74) is -0.427. The Morgan fingerprint density at radius 3 is 2.22 bits per heavy atom. The van der Waals surface area contributed by atoms with Crippen LogP contribution in [0.4, 0.5) is 0 Å². The zero-order valence-electron chi connectivity index (χ0n) is 14.6. The van der Waals surface area contributed by atoms with E-state index in [9.17, 15) is 14.4 Å². The Morgan fingerprint density at radius 2 is 1.61 bits per heavy atom. The van der Waals surface area contributed by atoms with E-state index in [1.54, 1.807) is 9.80 Å². The molecular formula is C17H29N3O3. The summed E-state index contributed by atoms with van der Waals surface area (Å²) in [5, 5.41) is 2.76. The van der Waals surface area contributed by atoms with Crippen LogP contribution in [0.25, 0.3) is 0 Å². The Bertz CT molecular complexity index is 464. The van der Waals surface area contributed by atoms with Crippen LogP contribution in [0, 0.1) is 11.3 Å². The van der Waals surface area contributed by atoms with Gasteiger partial charge in [-0.25, -0.2) is 0 Å². The molecule has 23 heavy (non-hydrogen) atoms. The minimum atomic E-state index is -0.427. The number of nitrogens with one attached hydrogen (secondary N) is 1. The van der Waals surface area contributed by atoms with Gasteiger partial charge in [0.2, 0.25) is 17.7 Å². The second kappa shape index (κ2) is 7.32. The van der Waals surface area contributed by atoms with Crippen molar-refractivity contribution in [3.63, 3.8) is 0 Å². The molecule has 2 saturated heterocycles. The quantitative estimate of drug-likeness (QED) is 0.843. The van der Waals surface area contributed by atoms with Crippen molar-refractivity contribution in [1.29, 1.82) is 0 Å². The molecule has 1 N–H and O–H groups in total. The van der Waals surface area contributed by atoms with E-state index in [1.807, 2.05) is 20.8 Å². The third-order valence-corrected chi connectivity index (χ3v) is 4.59. The van der Waals surface area contributed by atoms with Gasteiger partial charge in [0.25, 0.3) is 0 Å². The first-order valence-electron chi connectivity index (χ1n) is 8.64. The molecule has 1 unspecified atom stereocenters. The molecule has 0 aromatic carbocycles. The van der Waals surface area contributed by atoms with Crippen LogP contribution in [-0.2, 0) is 14.4 Å². The lowest BCUT2D eigenvalue weighted by molar-refractivity contribution is -0.143. The van der Waals surface area contributed by atoms with Gasteiger partial charge < -0.3 is 15.1 Å². The summed E-state index contributed by atoms with van der Waals surface area (Å²) in [6, 6.07) is 0. The molecule has 3 amide bonds. The van der Waals surface area contributed by atoms with Crippen LogP contribution in [-0.4, -0.2) is 60.2 Å². The number of carbonyl (C=O) groups excluding carboxylic acids is 3. The molecule has 0 radical (unpaired) electrons. The number of rotatable bonds is 3. The summed E-state index contributed by atoms with van der Waals surface area (Å²) in [4.78, 5) is 40.2. The third kappa shape index (κ3) is 4.69. The minimum Gasteiger partial charge on any atom is -0.347 e. The lowest BCUT2D eigenvalue weighted by atomic mass is 9.91. The summed E-state index contributed by atoms with van der Waals surface area (Å²) < 4.78 is 0. The van der Waals surface area contributed by atoms with E-state index in [0.29, 0.717) is 13.1 Å². The van der Waals surface area contributed by atoms with E-state index >= 15 is 0 Å². The van der Waals surface area contributed by atoms with Crippen molar-refractivity contribution >= 4 is 17.7 Å². The maximum absolute atomic E-state index is 12.4. The molecule has 0 aromatic rings. The van der Waals surface area contributed by atoms with Gasteiger partial charge in [0.15, 0.2) is 0 Å². The van der Waals surface area contributed by atoms with Gasteiger partial charge in [-0.05, 0) is 25.7 Å². The van der Waals surface area contributed by atoms with Gasteiger partial charge >= 0.3 is 0 Å². The minimum absolute atomic E-state index is 0.00529. The van der Waals surface area contributed by atoms with Crippen LogP contribution in [0.2, 0.25) is 0 Å². The van der Waals surface area contributed by atoms with Crippen molar-refractivity contribution < 1.29 is 14.4 Å². The summed E-state index contributed by atoms with van der Waals surface area (Å²) in [5.74, 6) is -0.234. The van der Waals surface area contributed by atoms with Crippen LogP contribution >= 0.6 is 0 Å². The molecule has 2 heterocycles. The molecule has 2 fully saturated rings. The molecule has 0 saturated carbocycles.